The highest BCUT2D eigenvalue weighted by atomic mass is 79.9. The Morgan fingerprint density at radius 1 is 0.857 bits per heavy atom. The van der Waals surface area contributed by atoms with Crippen LogP contribution in [0.2, 0.25) is 0 Å². The van der Waals surface area contributed by atoms with E-state index in [-0.39, 0.29) is 10.6 Å². The van der Waals surface area contributed by atoms with Crippen LogP contribution >= 0.6 is 31.9 Å². The van der Waals surface area contributed by atoms with Gasteiger partial charge in [0.1, 0.15) is 4.90 Å². The van der Waals surface area contributed by atoms with Gasteiger partial charge >= 0.3 is 10.1 Å². The van der Waals surface area contributed by atoms with Crippen LogP contribution in [0.15, 0.2) is 79.5 Å². The maximum Gasteiger partial charge on any atom is 0.339 e. The predicted molar refractivity (Wildman–Crippen MR) is 119 cm³/mol. The average Bonchev–Trinajstić information content (AvgIpc) is 2.65. The fraction of sp³-hybridized carbons (Fsp3) is 0.0952. The van der Waals surface area contributed by atoms with Crippen molar-refractivity contribution in [3.63, 3.8) is 0 Å². The lowest BCUT2D eigenvalue weighted by Gasteiger charge is -2.11. The lowest BCUT2D eigenvalue weighted by molar-refractivity contribution is 0.483. The summed E-state index contributed by atoms with van der Waals surface area (Å²) in [4.78, 5) is 4.53. The van der Waals surface area contributed by atoms with Crippen molar-refractivity contribution in [1.29, 1.82) is 0 Å². The number of halogens is 2. The van der Waals surface area contributed by atoms with E-state index in [0.717, 1.165) is 16.8 Å². The molecule has 4 nitrogen and oxygen atoms in total. The SMILES string of the molecule is Cc1ccc(N=Cc2cc(Br)c(OS(=O)(=O)c3ccc(C)cc3)c(Br)c2)cc1. The predicted octanol–water partition coefficient (Wildman–Crippen LogP) is 6.35. The third-order valence-corrected chi connectivity index (χ3v) is 6.33. The Labute approximate surface area is 181 Å². The molecule has 3 aromatic carbocycles. The van der Waals surface area contributed by atoms with Crippen molar-refractivity contribution in [2.75, 3.05) is 0 Å². The fourth-order valence-electron chi connectivity index (χ4n) is 2.38. The minimum Gasteiger partial charge on any atom is -0.377 e. The van der Waals surface area contributed by atoms with E-state index < -0.39 is 10.1 Å². The van der Waals surface area contributed by atoms with Crippen molar-refractivity contribution < 1.29 is 12.6 Å². The van der Waals surface area contributed by atoms with Gasteiger partial charge in [-0.2, -0.15) is 8.42 Å². The van der Waals surface area contributed by atoms with Crippen LogP contribution in [0.4, 0.5) is 5.69 Å². The molecular weight excluding hydrogens is 506 g/mol. The van der Waals surface area contributed by atoms with Gasteiger partial charge in [-0.3, -0.25) is 4.99 Å². The molecule has 7 heteroatoms. The number of benzene rings is 3. The average molecular weight is 523 g/mol. The number of hydrogen-bond donors (Lipinski definition) is 0. The second-order valence-electron chi connectivity index (χ2n) is 6.26. The highest BCUT2D eigenvalue weighted by molar-refractivity contribution is 9.11. The minimum atomic E-state index is -3.94. The summed E-state index contributed by atoms with van der Waals surface area (Å²) in [5.41, 5.74) is 3.76. The van der Waals surface area contributed by atoms with E-state index in [1.807, 2.05) is 38.1 Å². The molecule has 0 radical (unpaired) electrons. The van der Waals surface area contributed by atoms with Crippen LogP contribution in [0.5, 0.6) is 5.75 Å². The smallest absolute Gasteiger partial charge is 0.339 e. The molecule has 3 rings (SSSR count). The zero-order chi connectivity index (χ0) is 20.3. The molecule has 0 aromatic heterocycles. The molecule has 144 valence electrons. The Morgan fingerprint density at radius 3 is 1.89 bits per heavy atom. The van der Waals surface area contributed by atoms with E-state index in [0.29, 0.717) is 8.95 Å². The Hall–Kier alpha value is -1.96. The highest BCUT2D eigenvalue weighted by Crippen LogP contribution is 2.36. The summed E-state index contributed by atoms with van der Waals surface area (Å²) in [6.07, 6.45) is 1.71. The normalized spacial score (nSPS) is 11.7. The molecule has 0 aliphatic rings. The first-order valence-electron chi connectivity index (χ1n) is 8.35. The van der Waals surface area contributed by atoms with Crippen molar-refractivity contribution in [2.24, 2.45) is 4.99 Å². The van der Waals surface area contributed by atoms with Gasteiger partial charge in [-0.05, 0) is 87.7 Å². The van der Waals surface area contributed by atoms with Crippen LogP contribution in [-0.4, -0.2) is 14.6 Å². The number of aryl methyl sites for hydroxylation is 2. The van der Waals surface area contributed by atoms with E-state index in [9.17, 15) is 8.42 Å². The first-order valence-corrected chi connectivity index (χ1v) is 11.3. The van der Waals surface area contributed by atoms with Gasteiger partial charge < -0.3 is 4.18 Å². The Kier molecular flexibility index (Phi) is 6.37. The Balaban J connectivity index is 1.85. The zero-order valence-corrected chi connectivity index (χ0v) is 19.2. The van der Waals surface area contributed by atoms with E-state index in [1.165, 1.54) is 17.7 Å². The maximum absolute atomic E-state index is 12.6. The second kappa shape index (κ2) is 8.59. The molecule has 0 saturated carbocycles. The van der Waals surface area contributed by atoms with Crippen LogP contribution < -0.4 is 4.18 Å². The van der Waals surface area contributed by atoms with Gasteiger partial charge in [-0.25, -0.2) is 0 Å². The Bertz CT molecular complexity index is 1100. The number of aliphatic imine (C=N–C) groups is 1. The molecule has 0 saturated heterocycles. The van der Waals surface area contributed by atoms with Gasteiger partial charge in [-0.1, -0.05) is 35.4 Å². The van der Waals surface area contributed by atoms with Crippen LogP contribution in [0.1, 0.15) is 16.7 Å². The van der Waals surface area contributed by atoms with Crippen LogP contribution in [0, 0.1) is 13.8 Å². The van der Waals surface area contributed by atoms with Crippen LogP contribution in [-0.2, 0) is 10.1 Å². The molecule has 0 unspecified atom stereocenters. The second-order valence-corrected chi connectivity index (χ2v) is 9.51. The fourth-order valence-corrected chi connectivity index (χ4v) is 4.94. The molecule has 0 aliphatic heterocycles. The molecule has 0 bridgehead atoms. The molecule has 0 N–H and O–H groups in total. The molecule has 0 fully saturated rings. The van der Waals surface area contributed by atoms with Crippen molar-refractivity contribution in [2.45, 2.75) is 18.7 Å². The largest absolute Gasteiger partial charge is 0.377 e. The monoisotopic (exact) mass is 521 g/mol. The molecular formula is C21H17Br2NO3S. The standard InChI is InChI=1S/C21H17Br2NO3S/c1-14-3-7-17(8-4-14)24-13-16-11-19(22)21(20(23)12-16)27-28(25,26)18-9-5-15(2)6-10-18/h3-13H,1-2H3. The first-order chi connectivity index (χ1) is 13.2. The van der Waals surface area contributed by atoms with E-state index in [1.54, 1.807) is 30.5 Å². The molecule has 0 heterocycles. The van der Waals surface area contributed by atoms with Gasteiger partial charge in [0.25, 0.3) is 0 Å². The van der Waals surface area contributed by atoms with Crippen LogP contribution in [0.3, 0.4) is 0 Å². The lowest BCUT2D eigenvalue weighted by Crippen LogP contribution is -2.10. The van der Waals surface area contributed by atoms with Gasteiger partial charge in [0.05, 0.1) is 14.6 Å². The Morgan fingerprint density at radius 2 is 1.36 bits per heavy atom. The summed E-state index contributed by atoms with van der Waals surface area (Å²) in [6.45, 7) is 3.91. The molecule has 0 aliphatic carbocycles. The summed E-state index contributed by atoms with van der Waals surface area (Å²) < 4.78 is 31.5. The van der Waals surface area contributed by atoms with Crippen LogP contribution in [0.25, 0.3) is 0 Å². The van der Waals surface area contributed by atoms with Gasteiger partial charge in [-0.15, -0.1) is 0 Å². The summed E-state index contributed by atoms with van der Waals surface area (Å²) in [6, 6.07) is 17.9. The maximum atomic E-state index is 12.6. The lowest BCUT2D eigenvalue weighted by atomic mass is 10.2. The topological polar surface area (TPSA) is 55.7 Å². The van der Waals surface area contributed by atoms with Crippen molar-refractivity contribution in [3.05, 3.63) is 86.3 Å². The molecule has 0 atom stereocenters. The number of nitrogens with zero attached hydrogens (tertiary/aromatic N) is 1. The number of hydrogen-bond acceptors (Lipinski definition) is 4. The molecule has 28 heavy (non-hydrogen) atoms. The van der Waals surface area contributed by atoms with Crippen molar-refractivity contribution in [3.8, 4) is 5.75 Å². The number of rotatable bonds is 5. The quantitative estimate of drug-likeness (QED) is 0.290. The summed E-state index contributed by atoms with van der Waals surface area (Å²) >= 11 is 6.78. The van der Waals surface area contributed by atoms with Crippen molar-refractivity contribution >= 4 is 53.9 Å². The van der Waals surface area contributed by atoms with Gasteiger partial charge in [0.15, 0.2) is 5.75 Å². The molecule has 3 aromatic rings. The third kappa shape index (κ3) is 5.10. The van der Waals surface area contributed by atoms with E-state index >= 15 is 0 Å². The summed E-state index contributed by atoms with van der Waals surface area (Å²) in [7, 11) is -3.94. The van der Waals surface area contributed by atoms with Crippen molar-refractivity contribution in [1.82, 2.24) is 0 Å². The van der Waals surface area contributed by atoms with E-state index in [2.05, 4.69) is 36.9 Å². The minimum absolute atomic E-state index is 0.0990. The zero-order valence-electron chi connectivity index (χ0n) is 15.2. The van der Waals surface area contributed by atoms with Gasteiger partial charge in [0.2, 0.25) is 0 Å². The highest BCUT2D eigenvalue weighted by Gasteiger charge is 2.20. The summed E-state index contributed by atoms with van der Waals surface area (Å²) in [5.74, 6) is 0.188. The first kappa shape index (κ1) is 20.8. The van der Waals surface area contributed by atoms with Gasteiger partial charge in [0, 0.05) is 6.21 Å². The van der Waals surface area contributed by atoms with E-state index in [4.69, 9.17) is 4.18 Å². The third-order valence-electron chi connectivity index (χ3n) is 3.92. The molecule has 0 spiro atoms. The summed E-state index contributed by atoms with van der Waals surface area (Å²) in [5, 5.41) is 0. The molecule has 0 amide bonds.